The monoisotopic (exact) mass is 196 g/mol. The molecule has 0 saturated carbocycles. The minimum atomic E-state index is -0.129. The fraction of sp³-hybridized carbons (Fsp3) is 0.154. The molecule has 0 aliphatic heterocycles. The summed E-state index contributed by atoms with van der Waals surface area (Å²) in [5.41, 5.74) is 0.915. The van der Waals surface area contributed by atoms with E-state index >= 15 is 0 Å². The van der Waals surface area contributed by atoms with E-state index in [0.717, 1.165) is 16.5 Å². The predicted molar refractivity (Wildman–Crippen MR) is 62.4 cm³/mol. The Kier molecular flexibility index (Phi) is 2.66. The highest BCUT2D eigenvalue weighted by Gasteiger charge is 2.10. The summed E-state index contributed by atoms with van der Waals surface area (Å²) in [5.74, 6) is 2.69. The molecule has 2 nitrogen and oxygen atoms in total. The van der Waals surface area contributed by atoms with Gasteiger partial charge in [-0.2, -0.15) is 0 Å². The van der Waals surface area contributed by atoms with Crippen molar-refractivity contribution in [1.29, 1.82) is 0 Å². The number of nitrogens with zero attached hydrogens (tertiary/aromatic N) is 1. The third-order valence-corrected chi connectivity index (χ3v) is 2.43. The minimum Gasteiger partial charge on any atom is -0.302 e. The topological polar surface area (TPSA) is 24.9 Å². The molecule has 1 N–H and O–H groups in total. The van der Waals surface area contributed by atoms with E-state index in [4.69, 9.17) is 6.42 Å². The zero-order valence-corrected chi connectivity index (χ0v) is 8.57. The van der Waals surface area contributed by atoms with Crippen molar-refractivity contribution in [3.05, 3.63) is 42.2 Å². The third-order valence-electron chi connectivity index (χ3n) is 2.43. The van der Waals surface area contributed by atoms with Crippen LogP contribution in [0, 0.1) is 12.3 Å². The van der Waals surface area contributed by atoms with Crippen molar-refractivity contribution >= 4 is 10.8 Å². The summed E-state index contributed by atoms with van der Waals surface area (Å²) in [6.07, 6.45) is 7.24. The van der Waals surface area contributed by atoms with E-state index < -0.39 is 0 Å². The summed E-state index contributed by atoms with van der Waals surface area (Å²) in [7, 11) is 1.84. The van der Waals surface area contributed by atoms with Gasteiger partial charge in [0.05, 0.1) is 5.69 Å². The number of nitrogens with one attached hydrogen (secondary N) is 1. The molecular formula is C13H12N2. The van der Waals surface area contributed by atoms with Crippen LogP contribution in [0.1, 0.15) is 11.7 Å². The van der Waals surface area contributed by atoms with Crippen molar-refractivity contribution in [2.45, 2.75) is 6.04 Å². The molecular weight excluding hydrogens is 184 g/mol. The Labute approximate surface area is 89.3 Å². The first kappa shape index (κ1) is 9.70. The van der Waals surface area contributed by atoms with Gasteiger partial charge < -0.3 is 5.32 Å². The van der Waals surface area contributed by atoms with E-state index in [9.17, 15) is 0 Å². The summed E-state index contributed by atoms with van der Waals surface area (Å²) >= 11 is 0. The minimum absolute atomic E-state index is 0.129. The zero-order valence-electron chi connectivity index (χ0n) is 8.57. The van der Waals surface area contributed by atoms with Crippen LogP contribution in [0.15, 0.2) is 36.5 Å². The fourth-order valence-electron chi connectivity index (χ4n) is 1.67. The van der Waals surface area contributed by atoms with Gasteiger partial charge in [-0.05, 0) is 18.5 Å². The van der Waals surface area contributed by atoms with Gasteiger partial charge in [-0.25, -0.2) is 0 Å². The summed E-state index contributed by atoms with van der Waals surface area (Å²) in [6.45, 7) is 0. The smallest absolute Gasteiger partial charge is 0.112 e. The van der Waals surface area contributed by atoms with Crippen LogP contribution < -0.4 is 5.32 Å². The summed E-state index contributed by atoms with van der Waals surface area (Å²) in [6, 6.07) is 9.97. The quantitative estimate of drug-likeness (QED) is 0.744. The molecule has 15 heavy (non-hydrogen) atoms. The number of rotatable bonds is 2. The van der Waals surface area contributed by atoms with Gasteiger partial charge in [-0.1, -0.05) is 30.2 Å². The molecule has 0 fully saturated rings. The second kappa shape index (κ2) is 4.12. The Balaban J connectivity index is 2.66. The van der Waals surface area contributed by atoms with Crippen molar-refractivity contribution in [2.24, 2.45) is 0 Å². The maximum absolute atomic E-state index is 5.45. The van der Waals surface area contributed by atoms with Crippen LogP contribution in [-0.2, 0) is 0 Å². The molecule has 0 aliphatic carbocycles. The molecule has 0 aliphatic rings. The van der Waals surface area contributed by atoms with Crippen LogP contribution in [0.4, 0.5) is 0 Å². The zero-order chi connectivity index (χ0) is 10.7. The SMILES string of the molecule is C#CC(NC)c1nccc2ccccc12. The molecule has 2 heteroatoms. The Hall–Kier alpha value is -1.85. The highest BCUT2D eigenvalue weighted by molar-refractivity contribution is 5.84. The molecule has 1 unspecified atom stereocenters. The van der Waals surface area contributed by atoms with Crippen LogP contribution >= 0.6 is 0 Å². The Bertz CT molecular complexity index is 506. The predicted octanol–water partition coefficient (Wildman–Crippen LogP) is 2.13. The normalized spacial score (nSPS) is 12.3. The number of terminal acetylenes is 1. The van der Waals surface area contributed by atoms with Gasteiger partial charge >= 0.3 is 0 Å². The Morgan fingerprint density at radius 3 is 2.87 bits per heavy atom. The molecule has 2 aromatic rings. The number of hydrogen-bond acceptors (Lipinski definition) is 2. The highest BCUT2D eigenvalue weighted by Crippen LogP contribution is 2.21. The average Bonchev–Trinajstić information content (AvgIpc) is 2.31. The van der Waals surface area contributed by atoms with E-state index in [2.05, 4.69) is 22.3 Å². The number of aromatic nitrogens is 1. The van der Waals surface area contributed by atoms with E-state index in [1.807, 2.05) is 31.3 Å². The summed E-state index contributed by atoms with van der Waals surface area (Å²) in [4.78, 5) is 4.34. The first-order valence-electron chi connectivity index (χ1n) is 4.84. The Morgan fingerprint density at radius 2 is 2.13 bits per heavy atom. The lowest BCUT2D eigenvalue weighted by atomic mass is 10.1. The standard InChI is InChI=1S/C13H12N2/c1-3-12(14-2)13-11-7-5-4-6-10(11)8-9-15-13/h1,4-9,12,14H,2H3. The van der Waals surface area contributed by atoms with Gasteiger partial charge in [0.2, 0.25) is 0 Å². The summed E-state index contributed by atoms with van der Waals surface area (Å²) in [5, 5.41) is 5.33. The third kappa shape index (κ3) is 1.70. The number of hydrogen-bond donors (Lipinski definition) is 1. The second-order valence-electron chi connectivity index (χ2n) is 3.31. The molecule has 0 bridgehead atoms. The fourth-order valence-corrected chi connectivity index (χ4v) is 1.67. The number of fused-ring (bicyclic) bond motifs is 1. The van der Waals surface area contributed by atoms with Crippen molar-refractivity contribution in [1.82, 2.24) is 10.3 Å². The molecule has 1 atom stereocenters. The molecule has 74 valence electrons. The lowest BCUT2D eigenvalue weighted by molar-refractivity contribution is 0.720. The van der Waals surface area contributed by atoms with Crippen molar-refractivity contribution < 1.29 is 0 Å². The van der Waals surface area contributed by atoms with Crippen molar-refractivity contribution in [3.8, 4) is 12.3 Å². The summed E-state index contributed by atoms with van der Waals surface area (Å²) < 4.78 is 0. The van der Waals surface area contributed by atoms with Gasteiger partial charge in [0.15, 0.2) is 0 Å². The van der Waals surface area contributed by atoms with Crippen LogP contribution in [0.2, 0.25) is 0 Å². The molecule has 2 rings (SSSR count). The number of pyridine rings is 1. The molecule has 1 heterocycles. The highest BCUT2D eigenvalue weighted by atomic mass is 14.9. The van der Waals surface area contributed by atoms with Gasteiger partial charge in [0.25, 0.3) is 0 Å². The second-order valence-corrected chi connectivity index (χ2v) is 3.31. The molecule has 0 saturated heterocycles. The first-order valence-corrected chi connectivity index (χ1v) is 4.84. The molecule has 0 amide bonds. The van der Waals surface area contributed by atoms with Gasteiger partial charge in [-0.15, -0.1) is 6.42 Å². The van der Waals surface area contributed by atoms with Crippen LogP contribution in [0.5, 0.6) is 0 Å². The van der Waals surface area contributed by atoms with E-state index in [1.165, 1.54) is 0 Å². The molecule has 0 spiro atoms. The molecule has 1 aromatic heterocycles. The van der Waals surface area contributed by atoms with Gasteiger partial charge in [0.1, 0.15) is 6.04 Å². The number of benzene rings is 1. The van der Waals surface area contributed by atoms with Gasteiger partial charge in [0, 0.05) is 11.6 Å². The van der Waals surface area contributed by atoms with Crippen molar-refractivity contribution in [3.63, 3.8) is 0 Å². The lowest BCUT2D eigenvalue weighted by Gasteiger charge is -2.11. The lowest BCUT2D eigenvalue weighted by Crippen LogP contribution is -2.15. The van der Waals surface area contributed by atoms with Crippen LogP contribution in [0.3, 0.4) is 0 Å². The van der Waals surface area contributed by atoms with E-state index in [0.29, 0.717) is 0 Å². The largest absolute Gasteiger partial charge is 0.302 e. The Morgan fingerprint density at radius 1 is 1.33 bits per heavy atom. The molecule has 1 aromatic carbocycles. The van der Waals surface area contributed by atoms with E-state index in [1.54, 1.807) is 6.20 Å². The first-order chi connectivity index (χ1) is 7.36. The van der Waals surface area contributed by atoms with Crippen LogP contribution in [-0.4, -0.2) is 12.0 Å². The van der Waals surface area contributed by atoms with Crippen molar-refractivity contribution in [2.75, 3.05) is 7.05 Å². The van der Waals surface area contributed by atoms with Crippen LogP contribution in [0.25, 0.3) is 10.8 Å². The maximum atomic E-state index is 5.45. The maximum Gasteiger partial charge on any atom is 0.112 e. The average molecular weight is 196 g/mol. The van der Waals surface area contributed by atoms with Gasteiger partial charge in [-0.3, -0.25) is 4.98 Å². The van der Waals surface area contributed by atoms with E-state index in [-0.39, 0.29) is 6.04 Å². The molecule has 0 radical (unpaired) electrons.